The molecule has 2 heterocycles. The summed E-state index contributed by atoms with van der Waals surface area (Å²) in [5, 5.41) is 5.38. The van der Waals surface area contributed by atoms with Crippen molar-refractivity contribution in [2.75, 3.05) is 6.61 Å². The summed E-state index contributed by atoms with van der Waals surface area (Å²) in [7, 11) is 0. The second-order valence-electron chi connectivity index (χ2n) is 4.46. The number of hydrogen-bond donors (Lipinski definition) is 0. The van der Waals surface area contributed by atoms with E-state index in [4.69, 9.17) is 4.74 Å². The number of carbonyl (C=O) groups excluding carboxylic acids is 1. The molecule has 21 heavy (non-hydrogen) atoms. The highest BCUT2D eigenvalue weighted by Crippen LogP contribution is 2.27. The summed E-state index contributed by atoms with van der Waals surface area (Å²) >= 11 is 1.51. The fourth-order valence-corrected chi connectivity index (χ4v) is 2.98. The summed E-state index contributed by atoms with van der Waals surface area (Å²) in [5.41, 5.74) is 2.04. The summed E-state index contributed by atoms with van der Waals surface area (Å²) in [6.07, 6.45) is 1.65. The number of aryl methyl sites for hydroxylation is 1. The Morgan fingerprint density at radius 3 is 2.67 bits per heavy atom. The quantitative estimate of drug-likeness (QED) is 0.679. The normalized spacial score (nSPS) is 11.0. The molecule has 108 valence electrons. The summed E-state index contributed by atoms with van der Waals surface area (Å²) in [4.78, 5) is 16.7. The zero-order valence-corrected chi connectivity index (χ0v) is 12.7. The lowest BCUT2D eigenvalue weighted by molar-refractivity contribution is 0.111. The van der Waals surface area contributed by atoms with Crippen molar-refractivity contribution in [3.8, 4) is 17.0 Å². The summed E-state index contributed by atoms with van der Waals surface area (Å²) < 4.78 is 7.05. The van der Waals surface area contributed by atoms with Crippen LogP contribution in [-0.2, 0) is 6.42 Å². The molecule has 0 unspecified atom stereocenters. The van der Waals surface area contributed by atoms with E-state index in [9.17, 15) is 4.79 Å². The molecule has 0 saturated carbocycles. The van der Waals surface area contributed by atoms with Crippen LogP contribution >= 0.6 is 11.3 Å². The summed E-state index contributed by atoms with van der Waals surface area (Å²) in [6.45, 7) is 4.61. The predicted octanol–water partition coefficient (Wildman–Crippen LogP) is 3.23. The molecule has 0 saturated heterocycles. The Kier molecular flexibility index (Phi) is 3.70. The van der Waals surface area contributed by atoms with Crippen LogP contribution in [0.3, 0.4) is 0 Å². The fourth-order valence-electron chi connectivity index (χ4n) is 2.14. The minimum absolute atomic E-state index is 0.491. The van der Waals surface area contributed by atoms with E-state index in [0.29, 0.717) is 18.0 Å². The van der Waals surface area contributed by atoms with Crippen LogP contribution in [0.15, 0.2) is 24.3 Å². The van der Waals surface area contributed by atoms with Crippen molar-refractivity contribution in [2.45, 2.75) is 20.3 Å². The van der Waals surface area contributed by atoms with Crippen LogP contribution in [0, 0.1) is 0 Å². The summed E-state index contributed by atoms with van der Waals surface area (Å²) in [6, 6.07) is 7.58. The minimum Gasteiger partial charge on any atom is -0.494 e. The molecule has 3 aromatic rings. The van der Waals surface area contributed by atoms with Gasteiger partial charge in [0, 0.05) is 5.56 Å². The van der Waals surface area contributed by atoms with Crippen molar-refractivity contribution in [1.29, 1.82) is 0 Å². The van der Waals surface area contributed by atoms with Gasteiger partial charge in [-0.05, 0) is 37.6 Å². The van der Waals surface area contributed by atoms with Crippen molar-refractivity contribution in [1.82, 2.24) is 14.6 Å². The third-order valence-electron chi connectivity index (χ3n) is 3.13. The highest BCUT2D eigenvalue weighted by Gasteiger charge is 2.17. The molecule has 1 aromatic carbocycles. The van der Waals surface area contributed by atoms with Gasteiger partial charge in [0.05, 0.1) is 6.61 Å². The number of rotatable bonds is 5. The average Bonchev–Trinajstić information content (AvgIpc) is 3.05. The molecule has 2 aromatic heterocycles. The van der Waals surface area contributed by atoms with Gasteiger partial charge in [-0.3, -0.25) is 4.79 Å². The molecule has 5 nitrogen and oxygen atoms in total. The van der Waals surface area contributed by atoms with Gasteiger partial charge in [-0.2, -0.15) is 9.61 Å². The Bertz CT molecular complexity index is 774. The molecule has 0 aliphatic carbocycles. The Balaban J connectivity index is 2.06. The maximum atomic E-state index is 11.4. The Hall–Kier alpha value is -2.21. The van der Waals surface area contributed by atoms with Crippen LogP contribution in [0.25, 0.3) is 16.2 Å². The van der Waals surface area contributed by atoms with Gasteiger partial charge >= 0.3 is 0 Å². The van der Waals surface area contributed by atoms with E-state index in [0.717, 1.165) is 34.0 Å². The van der Waals surface area contributed by atoms with E-state index >= 15 is 0 Å². The van der Waals surface area contributed by atoms with E-state index in [1.165, 1.54) is 11.3 Å². The SMILES string of the molecule is CCOc1ccc(-c2nc3sc(CC)nn3c2C=O)cc1. The van der Waals surface area contributed by atoms with Crippen LogP contribution < -0.4 is 4.74 Å². The first-order valence-electron chi connectivity index (χ1n) is 6.83. The molecule has 0 fully saturated rings. The van der Waals surface area contributed by atoms with Crippen LogP contribution in [0.2, 0.25) is 0 Å². The average molecular weight is 301 g/mol. The van der Waals surface area contributed by atoms with Crippen molar-refractivity contribution >= 4 is 22.6 Å². The lowest BCUT2D eigenvalue weighted by Crippen LogP contribution is -1.95. The van der Waals surface area contributed by atoms with E-state index < -0.39 is 0 Å². The van der Waals surface area contributed by atoms with Gasteiger partial charge < -0.3 is 4.74 Å². The van der Waals surface area contributed by atoms with Crippen molar-refractivity contribution in [3.05, 3.63) is 35.0 Å². The monoisotopic (exact) mass is 301 g/mol. The van der Waals surface area contributed by atoms with Gasteiger partial charge in [-0.15, -0.1) is 0 Å². The first kappa shape index (κ1) is 13.8. The van der Waals surface area contributed by atoms with Gasteiger partial charge in [0.25, 0.3) is 0 Å². The van der Waals surface area contributed by atoms with Crippen molar-refractivity contribution in [2.24, 2.45) is 0 Å². The number of benzene rings is 1. The van der Waals surface area contributed by atoms with Crippen LogP contribution in [0.5, 0.6) is 5.75 Å². The fraction of sp³-hybridized carbons (Fsp3) is 0.267. The zero-order valence-electron chi connectivity index (χ0n) is 11.9. The topological polar surface area (TPSA) is 56.5 Å². The predicted molar refractivity (Wildman–Crippen MR) is 82.2 cm³/mol. The highest BCUT2D eigenvalue weighted by atomic mass is 32.1. The Morgan fingerprint density at radius 1 is 1.29 bits per heavy atom. The maximum absolute atomic E-state index is 11.4. The van der Waals surface area contributed by atoms with Gasteiger partial charge in [0.1, 0.15) is 22.1 Å². The number of aromatic nitrogens is 3. The molecule has 0 N–H and O–H groups in total. The lowest BCUT2D eigenvalue weighted by Gasteiger charge is -2.03. The van der Waals surface area contributed by atoms with Crippen LogP contribution in [-0.4, -0.2) is 27.5 Å². The number of fused-ring (bicyclic) bond motifs is 1. The molecular weight excluding hydrogens is 286 g/mol. The smallest absolute Gasteiger partial charge is 0.213 e. The molecule has 0 spiro atoms. The second kappa shape index (κ2) is 5.65. The lowest BCUT2D eigenvalue weighted by atomic mass is 10.1. The molecule has 0 radical (unpaired) electrons. The molecule has 3 rings (SSSR count). The van der Waals surface area contributed by atoms with Gasteiger partial charge in [-0.1, -0.05) is 18.3 Å². The maximum Gasteiger partial charge on any atom is 0.213 e. The first-order valence-corrected chi connectivity index (χ1v) is 7.65. The molecule has 0 aliphatic rings. The first-order chi connectivity index (χ1) is 10.3. The number of ether oxygens (including phenoxy) is 1. The van der Waals surface area contributed by atoms with Gasteiger partial charge in [0.2, 0.25) is 4.96 Å². The number of carbonyl (C=O) groups is 1. The third kappa shape index (κ3) is 2.42. The van der Waals surface area contributed by atoms with Gasteiger partial charge in [-0.25, -0.2) is 4.98 Å². The van der Waals surface area contributed by atoms with Gasteiger partial charge in [0.15, 0.2) is 6.29 Å². The number of imidazole rings is 1. The van der Waals surface area contributed by atoms with E-state index in [1.54, 1.807) is 4.52 Å². The Morgan fingerprint density at radius 2 is 2.05 bits per heavy atom. The van der Waals surface area contributed by atoms with Crippen LogP contribution in [0.1, 0.15) is 29.3 Å². The molecule has 0 aliphatic heterocycles. The third-order valence-corrected chi connectivity index (χ3v) is 4.19. The Labute approximate surface area is 126 Å². The second-order valence-corrected chi connectivity index (χ2v) is 5.51. The zero-order chi connectivity index (χ0) is 14.8. The van der Waals surface area contributed by atoms with Crippen LogP contribution in [0.4, 0.5) is 0 Å². The van der Waals surface area contributed by atoms with Crippen molar-refractivity contribution < 1.29 is 9.53 Å². The summed E-state index contributed by atoms with van der Waals surface area (Å²) in [5.74, 6) is 0.807. The van der Waals surface area contributed by atoms with E-state index in [2.05, 4.69) is 10.1 Å². The van der Waals surface area contributed by atoms with E-state index in [1.807, 2.05) is 38.1 Å². The molecule has 0 amide bonds. The largest absolute Gasteiger partial charge is 0.494 e. The minimum atomic E-state index is 0.491. The molecular formula is C15H15N3O2S. The molecule has 0 atom stereocenters. The highest BCUT2D eigenvalue weighted by molar-refractivity contribution is 7.16. The van der Waals surface area contributed by atoms with Crippen molar-refractivity contribution in [3.63, 3.8) is 0 Å². The number of nitrogens with zero attached hydrogens (tertiary/aromatic N) is 3. The molecule has 0 bridgehead atoms. The van der Waals surface area contributed by atoms with E-state index in [-0.39, 0.29) is 0 Å². The standard InChI is InChI=1S/C15H15N3O2S/c1-3-13-17-18-12(9-19)14(16-15(18)21-13)10-5-7-11(8-6-10)20-4-2/h5-9H,3-4H2,1-2H3. The molecule has 6 heteroatoms. The number of aldehydes is 1. The number of hydrogen-bond acceptors (Lipinski definition) is 5.